The van der Waals surface area contributed by atoms with Crippen LogP contribution in [0.25, 0.3) is 0 Å². The molecule has 3 amide bonds. The molecule has 176 valence electrons. The predicted octanol–water partition coefficient (Wildman–Crippen LogP) is 2.20. The number of pyridine rings is 1. The fraction of sp³-hybridized carbons (Fsp3) is 0.462. The van der Waals surface area contributed by atoms with E-state index in [-0.39, 0.29) is 30.2 Å². The van der Waals surface area contributed by atoms with E-state index in [2.05, 4.69) is 21.3 Å². The van der Waals surface area contributed by atoms with Crippen LogP contribution in [0.5, 0.6) is 5.75 Å². The largest absolute Gasteiger partial charge is 0.489 e. The number of hydrogen-bond acceptors (Lipinski definition) is 6. The maximum Gasteiger partial charge on any atom is 0.255 e. The third kappa shape index (κ3) is 3.76. The number of amides is 3. The highest BCUT2D eigenvalue weighted by atomic mass is 16.5. The number of aromatic nitrogens is 1. The van der Waals surface area contributed by atoms with Gasteiger partial charge in [0.25, 0.3) is 5.91 Å². The lowest BCUT2D eigenvalue weighted by Crippen LogP contribution is -2.52. The van der Waals surface area contributed by atoms with Crippen LogP contribution in [0, 0.1) is 0 Å². The van der Waals surface area contributed by atoms with Crippen LogP contribution in [-0.4, -0.2) is 57.2 Å². The van der Waals surface area contributed by atoms with Crippen molar-refractivity contribution in [3.05, 3.63) is 58.9 Å². The summed E-state index contributed by atoms with van der Waals surface area (Å²) < 4.78 is 6.49. The molecule has 8 heteroatoms. The van der Waals surface area contributed by atoms with Gasteiger partial charge in [0.1, 0.15) is 17.9 Å². The summed E-state index contributed by atoms with van der Waals surface area (Å²) in [5.74, 6) is -0.0512. The topological polar surface area (TPSA) is 91.8 Å². The summed E-state index contributed by atoms with van der Waals surface area (Å²) in [6.07, 6.45) is 6.84. The minimum absolute atomic E-state index is 0.111. The van der Waals surface area contributed by atoms with Gasteiger partial charge in [-0.05, 0) is 61.1 Å². The number of fused-ring (bicyclic) bond motifs is 2. The number of ether oxygens (including phenoxy) is 1. The fourth-order valence-corrected chi connectivity index (χ4v) is 5.93. The van der Waals surface area contributed by atoms with Gasteiger partial charge >= 0.3 is 0 Å². The molecule has 0 spiro atoms. The molecule has 1 unspecified atom stereocenters. The van der Waals surface area contributed by atoms with Gasteiger partial charge in [-0.3, -0.25) is 29.6 Å². The molecule has 4 heterocycles. The van der Waals surface area contributed by atoms with Crippen LogP contribution in [0.3, 0.4) is 0 Å². The van der Waals surface area contributed by atoms with E-state index in [1.165, 1.54) is 11.3 Å². The SMILES string of the molecule is O=C1CCC(N2Cc3cc(O[C@H]4CCC[C@H]4N4CCc5ncccc5C4)ccc3C2=O)C(=O)N1. The summed E-state index contributed by atoms with van der Waals surface area (Å²) in [5, 5.41) is 2.35. The molecule has 2 aromatic rings. The number of hydrogen-bond donors (Lipinski definition) is 1. The number of rotatable bonds is 4. The Hall–Kier alpha value is -3.26. The summed E-state index contributed by atoms with van der Waals surface area (Å²) in [5.41, 5.74) is 4.00. The van der Waals surface area contributed by atoms with Crippen molar-refractivity contribution < 1.29 is 19.1 Å². The van der Waals surface area contributed by atoms with Crippen molar-refractivity contribution in [2.24, 2.45) is 0 Å². The maximum absolute atomic E-state index is 12.9. The van der Waals surface area contributed by atoms with Gasteiger partial charge in [-0.15, -0.1) is 0 Å². The lowest BCUT2D eigenvalue weighted by Gasteiger charge is -2.36. The molecule has 2 fully saturated rings. The molecular weight excluding hydrogens is 432 g/mol. The summed E-state index contributed by atoms with van der Waals surface area (Å²) >= 11 is 0. The summed E-state index contributed by atoms with van der Waals surface area (Å²) in [7, 11) is 0. The van der Waals surface area contributed by atoms with E-state index in [0.717, 1.165) is 50.1 Å². The molecule has 1 saturated carbocycles. The first-order valence-electron chi connectivity index (χ1n) is 12.2. The molecule has 3 aliphatic heterocycles. The van der Waals surface area contributed by atoms with E-state index >= 15 is 0 Å². The van der Waals surface area contributed by atoms with Crippen molar-refractivity contribution >= 4 is 17.7 Å². The fourth-order valence-electron chi connectivity index (χ4n) is 5.93. The monoisotopic (exact) mass is 460 g/mol. The second-order valence-corrected chi connectivity index (χ2v) is 9.70. The molecule has 1 aromatic heterocycles. The molecule has 3 atom stereocenters. The summed E-state index contributed by atoms with van der Waals surface area (Å²) in [6.45, 7) is 2.27. The molecular formula is C26H28N4O4. The highest BCUT2D eigenvalue weighted by Gasteiger charge is 2.40. The molecule has 34 heavy (non-hydrogen) atoms. The van der Waals surface area contributed by atoms with Gasteiger partial charge in [0.2, 0.25) is 11.8 Å². The van der Waals surface area contributed by atoms with Crippen LogP contribution in [0.2, 0.25) is 0 Å². The highest BCUT2D eigenvalue weighted by molar-refractivity contribution is 6.05. The van der Waals surface area contributed by atoms with Crippen molar-refractivity contribution in [2.75, 3.05) is 6.54 Å². The van der Waals surface area contributed by atoms with Crippen LogP contribution in [-0.2, 0) is 29.1 Å². The maximum atomic E-state index is 12.9. The van der Waals surface area contributed by atoms with Crippen LogP contribution in [0.15, 0.2) is 36.5 Å². The smallest absolute Gasteiger partial charge is 0.255 e. The number of carbonyl (C=O) groups is 3. The Bertz CT molecular complexity index is 1170. The molecule has 1 aliphatic carbocycles. The van der Waals surface area contributed by atoms with Crippen molar-refractivity contribution in [3.63, 3.8) is 0 Å². The number of benzene rings is 1. The second kappa shape index (κ2) is 8.51. The molecule has 1 saturated heterocycles. The molecule has 8 nitrogen and oxygen atoms in total. The first kappa shape index (κ1) is 21.3. The zero-order valence-electron chi connectivity index (χ0n) is 19.0. The Morgan fingerprint density at radius 1 is 1.00 bits per heavy atom. The molecule has 4 aliphatic rings. The van der Waals surface area contributed by atoms with Gasteiger partial charge in [-0.25, -0.2) is 0 Å². The molecule has 1 aromatic carbocycles. The highest BCUT2D eigenvalue weighted by Crippen LogP contribution is 2.34. The first-order valence-corrected chi connectivity index (χ1v) is 12.2. The van der Waals surface area contributed by atoms with E-state index in [4.69, 9.17) is 4.74 Å². The van der Waals surface area contributed by atoms with Gasteiger partial charge in [-0.2, -0.15) is 0 Å². The summed E-state index contributed by atoms with van der Waals surface area (Å²) in [4.78, 5) is 45.4. The Morgan fingerprint density at radius 2 is 1.91 bits per heavy atom. The number of carbonyl (C=O) groups excluding carboxylic acids is 3. The van der Waals surface area contributed by atoms with E-state index < -0.39 is 6.04 Å². The van der Waals surface area contributed by atoms with Crippen molar-refractivity contribution in [3.8, 4) is 5.75 Å². The average Bonchev–Trinajstić information content (AvgIpc) is 3.43. The quantitative estimate of drug-likeness (QED) is 0.704. The minimum Gasteiger partial charge on any atom is -0.489 e. The van der Waals surface area contributed by atoms with E-state index in [1.807, 2.05) is 30.5 Å². The van der Waals surface area contributed by atoms with Gasteiger partial charge in [0, 0.05) is 56.0 Å². The van der Waals surface area contributed by atoms with Gasteiger partial charge in [-0.1, -0.05) is 6.07 Å². The lowest BCUT2D eigenvalue weighted by atomic mass is 10.0. The van der Waals surface area contributed by atoms with E-state index in [1.54, 1.807) is 4.90 Å². The number of imide groups is 1. The van der Waals surface area contributed by atoms with Crippen molar-refractivity contribution in [2.45, 2.75) is 69.8 Å². The average molecular weight is 461 g/mol. The van der Waals surface area contributed by atoms with Crippen LogP contribution < -0.4 is 10.1 Å². The first-order chi connectivity index (χ1) is 16.6. The van der Waals surface area contributed by atoms with Gasteiger partial charge in [0.05, 0.1) is 0 Å². The molecule has 0 radical (unpaired) electrons. The van der Waals surface area contributed by atoms with Crippen molar-refractivity contribution in [1.29, 1.82) is 0 Å². The molecule has 1 N–H and O–H groups in total. The second-order valence-electron chi connectivity index (χ2n) is 9.70. The lowest BCUT2D eigenvalue weighted by molar-refractivity contribution is -0.136. The number of piperidine rings is 1. The standard InChI is InChI=1S/C26H28N4O4/c31-24-9-8-22(25(32)28-24)30-15-17-13-18(6-7-19(17)26(30)33)34-23-5-1-4-21(23)29-12-10-20-16(14-29)3-2-11-27-20/h2-3,6-7,11,13,21-23H,1,4-5,8-10,12,14-15H2,(H,28,31,32)/t21-,22?,23+/m1/s1. The van der Waals surface area contributed by atoms with Crippen molar-refractivity contribution in [1.82, 2.24) is 20.1 Å². The Morgan fingerprint density at radius 3 is 2.79 bits per heavy atom. The molecule has 0 bridgehead atoms. The summed E-state index contributed by atoms with van der Waals surface area (Å²) in [6, 6.07) is 9.58. The normalized spacial score (nSPS) is 26.9. The van der Waals surface area contributed by atoms with Gasteiger partial charge < -0.3 is 9.64 Å². The predicted molar refractivity (Wildman–Crippen MR) is 123 cm³/mol. The van der Waals surface area contributed by atoms with Crippen LogP contribution in [0.1, 0.15) is 59.3 Å². The molecule has 6 rings (SSSR count). The minimum atomic E-state index is -0.599. The third-order valence-corrected chi connectivity index (χ3v) is 7.66. The van der Waals surface area contributed by atoms with Crippen LogP contribution in [0.4, 0.5) is 0 Å². The third-order valence-electron chi connectivity index (χ3n) is 7.66. The van der Waals surface area contributed by atoms with E-state index in [9.17, 15) is 14.4 Å². The van der Waals surface area contributed by atoms with Crippen LogP contribution >= 0.6 is 0 Å². The Kier molecular flexibility index (Phi) is 5.32. The number of nitrogens with zero attached hydrogens (tertiary/aromatic N) is 3. The van der Waals surface area contributed by atoms with Gasteiger partial charge in [0.15, 0.2) is 0 Å². The Balaban J connectivity index is 1.15. The zero-order chi connectivity index (χ0) is 23.2. The Labute approximate surface area is 198 Å². The van der Waals surface area contributed by atoms with E-state index in [0.29, 0.717) is 24.6 Å². The number of nitrogens with one attached hydrogen (secondary N) is 1. The zero-order valence-corrected chi connectivity index (χ0v) is 19.0.